The maximum Gasteiger partial charge on any atom is 0.182 e. The normalized spacial score (nSPS) is 14.9. The predicted octanol–water partition coefficient (Wildman–Crippen LogP) is 2.48. The Bertz CT molecular complexity index is 541. The second-order valence-electron chi connectivity index (χ2n) is 4.73. The van der Waals surface area contributed by atoms with Crippen molar-refractivity contribution in [1.29, 1.82) is 0 Å². The van der Waals surface area contributed by atoms with Crippen molar-refractivity contribution in [1.82, 2.24) is 20.2 Å². The van der Waals surface area contributed by atoms with Crippen LogP contribution in [0.3, 0.4) is 0 Å². The third-order valence-electron chi connectivity index (χ3n) is 3.16. The van der Waals surface area contributed by atoms with Gasteiger partial charge < -0.3 is 5.73 Å². The zero-order valence-corrected chi connectivity index (χ0v) is 11.5. The standard InChI is InChI=1S/C12H14BrN5/c13-10-5-9(6-11(14)7-10)12-15-16-17-18(12)4-3-8-1-2-8/h5-8H,1-4,14H2. The number of nitrogen functional groups attached to an aromatic ring is 1. The fourth-order valence-electron chi connectivity index (χ4n) is 2.01. The SMILES string of the molecule is Nc1cc(Br)cc(-c2nnnn2CCC2CC2)c1. The average molecular weight is 308 g/mol. The Labute approximate surface area is 113 Å². The maximum absolute atomic E-state index is 5.84. The van der Waals surface area contributed by atoms with Gasteiger partial charge >= 0.3 is 0 Å². The van der Waals surface area contributed by atoms with Gasteiger partial charge in [-0.25, -0.2) is 4.68 Å². The fraction of sp³-hybridized carbons (Fsp3) is 0.417. The van der Waals surface area contributed by atoms with E-state index in [-0.39, 0.29) is 0 Å². The highest BCUT2D eigenvalue weighted by atomic mass is 79.9. The molecule has 0 amide bonds. The lowest BCUT2D eigenvalue weighted by Crippen LogP contribution is -2.04. The van der Waals surface area contributed by atoms with E-state index in [1.165, 1.54) is 12.8 Å². The van der Waals surface area contributed by atoms with Gasteiger partial charge in [-0.3, -0.25) is 0 Å². The zero-order valence-electron chi connectivity index (χ0n) is 9.88. The Morgan fingerprint density at radius 3 is 2.89 bits per heavy atom. The van der Waals surface area contributed by atoms with Crippen molar-refractivity contribution in [3.8, 4) is 11.4 Å². The molecule has 1 fully saturated rings. The summed E-state index contributed by atoms with van der Waals surface area (Å²) in [5.41, 5.74) is 7.49. The first-order valence-corrected chi connectivity index (χ1v) is 6.84. The monoisotopic (exact) mass is 307 g/mol. The van der Waals surface area contributed by atoms with Crippen LogP contribution >= 0.6 is 15.9 Å². The lowest BCUT2D eigenvalue weighted by atomic mass is 10.2. The van der Waals surface area contributed by atoms with Crippen molar-refractivity contribution < 1.29 is 0 Å². The van der Waals surface area contributed by atoms with Gasteiger partial charge in [-0.15, -0.1) is 5.10 Å². The van der Waals surface area contributed by atoms with Gasteiger partial charge in [-0.05, 0) is 41.0 Å². The number of aryl methyl sites for hydroxylation is 1. The number of hydrogen-bond donors (Lipinski definition) is 1. The lowest BCUT2D eigenvalue weighted by molar-refractivity contribution is 0.535. The van der Waals surface area contributed by atoms with E-state index in [0.29, 0.717) is 5.69 Å². The lowest BCUT2D eigenvalue weighted by Gasteiger charge is -2.05. The number of nitrogens with zero attached hydrogens (tertiary/aromatic N) is 4. The van der Waals surface area contributed by atoms with Crippen LogP contribution in [0.1, 0.15) is 19.3 Å². The molecule has 0 aliphatic heterocycles. The van der Waals surface area contributed by atoms with Crippen molar-refractivity contribution in [2.75, 3.05) is 5.73 Å². The van der Waals surface area contributed by atoms with Crippen LogP contribution in [0.25, 0.3) is 11.4 Å². The van der Waals surface area contributed by atoms with Crippen LogP contribution in [0.4, 0.5) is 5.69 Å². The summed E-state index contributed by atoms with van der Waals surface area (Å²) in [6, 6.07) is 5.74. The van der Waals surface area contributed by atoms with Gasteiger partial charge in [-0.1, -0.05) is 28.8 Å². The minimum atomic E-state index is 0.705. The number of aromatic nitrogens is 4. The molecule has 0 unspecified atom stereocenters. The number of tetrazole rings is 1. The van der Waals surface area contributed by atoms with Gasteiger partial charge in [-0.2, -0.15) is 0 Å². The quantitative estimate of drug-likeness (QED) is 0.881. The minimum absolute atomic E-state index is 0.705. The number of halogens is 1. The minimum Gasteiger partial charge on any atom is -0.399 e. The second-order valence-corrected chi connectivity index (χ2v) is 5.65. The smallest absolute Gasteiger partial charge is 0.182 e. The summed E-state index contributed by atoms with van der Waals surface area (Å²) in [6.45, 7) is 0.874. The van der Waals surface area contributed by atoms with E-state index in [1.807, 2.05) is 22.9 Å². The van der Waals surface area contributed by atoms with Crippen LogP contribution in [-0.4, -0.2) is 20.2 Å². The van der Waals surface area contributed by atoms with E-state index in [4.69, 9.17) is 5.73 Å². The summed E-state index contributed by atoms with van der Waals surface area (Å²) in [4.78, 5) is 0. The number of rotatable bonds is 4. The van der Waals surface area contributed by atoms with E-state index in [0.717, 1.165) is 34.7 Å². The Morgan fingerprint density at radius 2 is 2.17 bits per heavy atom. The molecule has 0 radical (unpaired) electrons. The van der Waals surface area contributed by atoms with Crippen LogP contribution in [0.2, 0.25) is 0 Å². The molecule has 0 atom stereocenters. The zero-order chi connectivity index (χ0) is 12.5. The molecule has 3 rings (SSSR count). The van der Waals surface area contributed by atoms with Crippen LogP contribution in [0.5, 0.6) is 0 Å². The topological polar surface area (TPSA) is 69.6 Å². The van der Waals surface area contributed by atoms with Crippen molar-refractivity contribution >= 4 is 21.6 Å². The molecule has 0 saturated heterocycles. The number of nitrogens with two attached hydrogens (primary N) is 1. The van der Waals surface area contributed by atoms with E-state index < -0.39 is 0 Å². The van der Waals surface area contributed by atoms with Crippen LogP contribution in [-0.2, 0) is 6.54 Å². The predicted molar refractivity (Wildman–Crippen MR) is 72.7 cm³/mol. The van der Waals surface area contributed by atoms with Crippen molar-refractivity contribution in [2.24, 2.45) is 5.92 Å². The number of benzene rings is 1. The van der Waals surface area contributed by atoms with Crippen LogP contribution in [0.15, 0.2) is 22.7 Å². The third-order valence-corrected chi connectivity index (χ3v) is 3.61. The third kappa shape index (κ3) is 2.53. The molecule has 1 aliphatic rings. The van der Waals surface area contributed by atoms with Gasteiger partial charge in [0.05, 0.1) is 0 Å². The molecule has 5 nitrogen and oxygen atoms in total. The van der Waals surface area contributed by atoms with Crippen LogP contribution in [0, 0.1) is 5.92 Å². The molecule has 6 heteroatoms. The molecule has 1 aromatic carbocycles. The first-order chi connectivity index (χ1) is 8.72. The maximum atomic E-state index is 5.84. The molecule has 1 aromatic heterocycles. The molecule has 0 spiro atoms. The summed E-state index contributed by atoms with van der Waals surface area (Å²) < 4.78 is 2.80. The summed E-state index contributed by atoms with van der Waals surface area (Å²) in [6.07, 6.45) is 3.85. The first kappa shape index (κ1) is 11.6. The largest absolute Gasteiger partial charge is 0.399 e. The summed E-state index contributed by atoms with van der Waals surface area (Å²) in [5.74, 6) is 1.65. The number of anilines is 1. The van der Waals surface area contributed by atoms with Gasteiger partial charge in [0.1, 0.15) is 0 Å². The molecule has 2 aromatic rings. The summed E-state index contributed by atoms with van der Waals surface area (Å²) in [7, 11) is 0. The Morgan fingerprint density at radius 1 is 1.33 bits per heavy atom. The molecule has 2 N–H and O–H groups in total. The van der Waals surface area contributed by atoms with E-state index in [1.54, 1.807) is 0 Å². The van der Waals surface area contributed by atoms with Crippen LogP contribution < -0.4 is 5.73 Å². The molecule has 1 heterocycles. The molecule has 0 bridgehead atoms. The van der Waals surface area contributed by atoms with E-state index in [9.17, 15) is 0 Å². The van der Waals surface area contributed by atoms with Gasteiger partial charge in [0.25, 0.3) is 0 Å². The Hall–Kier alpha value is -1.43. The Kier molecular flexibility index (Phi) is 3.03. The van der Waals surface area contributed by atoms with Gasteiger partial charge in [0, 0.05) is 22.3 Å². The summed E-state index contributed by atoms with van der Waals surface area (Å²) in [5, 5.41) is 11.9. The number of hydrogen-bond acceptors (Lipinski definition) is 4. The molecule has 1 aliphatic carbocycles. The molecule has 94 valence electrons. The molecule has 1 saturated carbocycles. The van der Waals surface area contributed by atoms with Gasteiger partial charge in [0.2, 0.25) is 0 Å². The highest BCUT2D eigenvalue weighted by Crippen LogP contribution is 2.33. The fourth-order valence-corrected chi connectivity index (χ4v) is 2.53. The molecular formula is C12H14BrN5. The average Bonchev–Trinajstić information content (AvgIpc) is 3.02. The second kappa shape index (κ2) is 4.68. The highest BCUT2D eigenvalue weighted by Gasteiger charge is 2.21. The van der Waals surface area contributed by atoms with Gasteiger partial charge in [0.15, 0.2) is 5.82 Å². The van der Waals surface area contributed by atoms with E-state index in [2.05, 4.69) is 31.5 Å². The molecule has 18 heavy (non-hydrogen) atoms. The Balaban J connectivity index is 1.87. The van der Waals surface area contributed by atoms with Crippen molar-refractivity contribution in [3.63, 3.8) is 0 Å². The summed E-state index contributed by atoms with van der Waals surface area (Å²) >= 11 is 3.44. The first-order valence-electron chi connectivity index (χ1n) is 6.05. The van der Waals surface area contributed by atoms with Crippen molar-refractivity contribution in [3.05, 3.63) is 22.7 Å². The van der Waals surface area contributed by atoms with Crippen molar-refractivity contribution in [2.45, 2.75) is 25.8 Å². The molecular weight excluding hydrogens is 294 g/mol. The highest BCUT2D eigenvalue weighted by molar-refractivity contribution is 9.10. The van der Waals surface area contributed by atoms with E-state index >= 15 is 0 Å².